The fraction of sp³-hybridized carbons (Fsp3) is 0.267. The van der Waals surface area contributed by atoms with Crippen LogP contribution in [0.3, 0.4) is 0 Å². The highest BCUT2D eigenvalue weighted by Gasteiger charge is 2.15. The van der Waals surface area contributed by atoms with Gasteiger partial charge in [-0.15, -0.1) is 16.6 Å². The maximum absolute atomic E-state index is 11.5. The van der Waals surface area contributed by atoms with Gasteiger partial charge < -0.3 is 19.2 Å². The molecular formula is C15H15N3O4S. The van der Waals surface area contributed by atoms with Crippen molar-refractivity contribution in [1.29, 1.82) is 0 Å². The minimum absolute atomic E-state index is 0.142. The Morgan fingerprint density at radius 2 is 2.22 bits per heavy atom. The van der Waals surface area contributed by atoms with Gasteiger partial charge in [-0.05, 0) is 12.1 Å². The number of thioether (sulfide) groups is 1. The minimum atomic E-state index is -0.199. The Labute approximate surface area is 137 Å². The molecule has 120 valence electrons. The molecule has 0 atom stereocenters. The molecule has 1 aromatic carbocycles. The summed E-state index contributed by atoms with van der Waals surface area (Å²) < 4.78 is 16.0. The number of ether oxygens (including phenoxy) is 2. The standard InChI is InChI=1S/C15H15N3O4S/c1-4-7-16-13(19)9-23-15-18-17-14(22-15)11-6-5-10(20-2)8-12(11)21-3/h1,5-6,8H,7,9H2,2-3H3,(H,16,19). The SMILES string of the molecule is C#CCNC(=O)CSc1nnc(-c2ccc(OC)cc2OC)o1. The number of nitrogens with zero attached hydrogens (tertiary/aromatic N) is 2. The molecule has 1 heterocycles. The molecule has 2 rings (SSSR count). The molecule has 0 aliphatic carbocycles. The lowest BCUT2D eigenvalue weighted by Crippen LogP contribution is -2.25. The number of methoxy groups -OCH3 is 2. The maximum Gasteiger partial charge on any atom is 0.277 e. The lowest BCUT2D eigenvalue weighted by molar-refractivity contribution is -0.118. The second-order valence-electron chi connectivity index (χ2n) is 4.21. The van der Waals surface area contributed by atoms with Gasteiger partial charge in [-0.2, -0.15) is 0 Å². The smallest absolute Gasteiger partial charge is 0.277 e. The summed E-state index contributed by atoms with van der Waals surface area (Å²) in [5.74, 6) is 3.78. The molecule has 0 saturated heterocycles. The molecule has 0 unspecified atom stereocenters. The molecule has 2 aromatic rings. The molecule has 1 amide bonds. The van der Waals surface area contributed by atoms with E-state index in [0.717, 1.165) is 11.8 Å². The molecule has 1 aromatic heterocycles. The Morgan fingerprint density at radius 1 is 1.39 bits per heavy atom. The normalized spacial score (nSPS) is 9.96. The van der Waals surface area contributed by atoms with Gasteiger partial charge >= 0.3 is 0 Å². The van der Waals surface area contributed by atoms with Gasteiger partial charge in [-0.25, -0.2) is 0 Å². The molecule has 7 nitrogen and oxygen atoms in total. The van der Waals surface area contributed by atoms with E-state index in [1.807, 2.05) is 0 Å². The second kappa shape index (κ2) is 8.10. The van der Waals surface area contributed by atoms with Crippen LogP contribution in [0.25, 0.3) is 11.5 Å². The molecule has 1 N–H and O–H groups in total. The highest BCUT2D eigenvalue weighted by molar-refractivity contribution is 7.99. The van der Waals surface area contributed by atoms with Gasteiger partial charge in [0.05, 0.1) is 32.1 Å². The van der Waals surface area contributed by atoms with E-state index in [0.29, 0.717) is 23.0 Å². The predicted molar refractivity (Wildman–Crippen MR) is 85.4 cm³/mol. The summed E-state index contributed by atoms with van der Waals surface area (Å²) >= 11 is 1.13. The maximum atomic E-state index is 11.5. The van der Waals surface area contributed by atoms with Crippen LogP contribution in [0.1, 0.15) is 0 Å². The van der Waals surface area contributed by atoms with Crippen molar-refractivity contribution >= 4 is 17.7 Å². The molecule has 8 heteroatoms. The average Bonchev–Trinajstić information content (AvgIpc) is 3.06. The first-order chi connectivity index (χ1) is 11.2. The van der Waals surface area contributed by atoms with E-state index >= 15 is 0 Å². The number of benzene rings is 1. The number of carbonyl (C=O) groups is 1. The Morgan fingerprint density at radius 3 is 2.91 bits per heavy atom. The number of terminal acetylenes is 1. The summed E-state index contributed by atoms with van der Waals surface area (Å²) in [4.78, 5) is 11.5. The highest BCUT2D eigenvalue weighted by atomic mass is 32.2. The summed E-state index contributed by atoms with van der Waals surface area (Å²) in [5.41, 5.74) is 0.643. The van der Waals surface area contributed by atoms with Crippen molar-refractivity contribution in [1.82, 2.24) is 15.5 Å². The summed E-state index contributed by atoms with van der Waals surface area (Å²) in [5, 5.41) is 10.7. The van der Waals surface area contributed by atoms with E-state index in [2.05, 4.69) is 21.4 Å². The van der Waals surface area contributed by atoms with Crippen LogP contribution in [0.4, 0.5) is 0 Å². The van der Waals surface area contributed by atoms with Crippen LogP contribution >= 0.6 is 11.8 Å². The van der Waals surface area contributed by atoms with Gasteiger partial charge in [0, 0.05) is 6.07 Å². The van der Waals surface area contributed by atoms with E-state index in [4.69, 9.17) is 20.3 Å². The Bertz CT molecular complexity index is 724. The van der Waals surface area contributed by atoms with Crippen molar-refractivity contribution in [2.45, 2.75) is 5.22 Å². The first-order valence-corrected chi connectivity index (χ1v) is 7.55. The van der Waals surface area contributed by atoms with Crippen molar-refractivity contribution in [3.63, 3.8) is 0 Å². The number of hydrogen-bond acceptors (Lipinski definition) is 7. The van der Waals surface area contributed by atoms with Gasteiger partial charge in [0.25, 0.3) is 11.1 Å². The molecule has 0 saturated carbocycles. The molecular weight excluding hydrogens is 318 g/mol. The van der Waals surface area contributed by atoms with Crippen LogP contribution in [0.5, 0.6) is 11.5 Å². The first-order valence-electron chi connectivity index (χ1n) is 6.56. The van der Waals surface area contributed by atoms with Gasteiger partial charge in [0.15, 0.2) is 0 Å². The van der Waals surface area contributed by atoms with Gasteiger partial charge in [0.2, 0.25) is 5.91 Å². The van der Waals surface area contributed by atoms with Crippen molar-refractivity contribution in [3.05, 3.63) is 18.2 Å². The van der Waals surface area contributed by atoms with Crippen LogP contribution in [-0.2, 0) is 4.79 Å². The zero-order valence-corrected chi connectivity index (χ0v) is 13.5. The summed E-state index contributed by atoms with van der Waals surface area (Å²) in [7, 11) is 3.11. The van der Waals surface area contributed by atoms with Crippen LogP contribution in [0.2, 0.25) is 0 Å². The van der Waals surface area contributed by atoms with Gasteiger partial charge in [-0.1, -0.05) is 17.7 Å². The fourth-order valence-corrected chi connectivity index (χ4v) is 2.27. The second-order valence-corrected chi connectivity index (χ2v) is 5.14. The summed E-state index contributed by atoms with van der Waals surface area (Å²) in [6.45, 7) is 0.192. The van der Waals surface area contributed by atoms with E-state index in [1.165, 1.54) is 0 Å². The lowest BCUT2D eigenvalue weighted by Gasteiger charge is -2.07. The number of hydrogen-bond donors (Lipinski definition) is 1. The van der Waals surface area contributed by atoms with Crippen LogP contribution in [-0.4, -0.2) is 42.6 Å². The number of amides is 1. The van der Waals surface area contributed by atoms with Crippen LogP contribution in [0, 0.1) is 12.3 Å². The first kappa shape index (κ1) is 16.7. The molecule has 23 heavy (non-hydrogen) atoms. The summed E-state index contributed by atoms with van der Waals surface area (Å²) in [6.07, 6.45) is 5.07. The predicted octanol–water partition coefficient (Wildman–Crippen LogP) is 1.60. The molecule has 0 spiro atoms. The van der Waals surface area contributed by atoms with Crippen molar-refractivity contribution in [3.8, 4) is 35.3 Å². The molecule has 0 fully saturated rings. The molecule has 0 bridgehead atoms. The minimum Gasteiger partial charge on any atom is -0.497 e. The third-order valence-corrected chi connectivity index (χ3v) is 3.58. The van der Waals surface area contributed by atoms with Crippen molar-refractivity contribution < 1.29 is 18.7 Å². The number of rotatable bonds is 7. The van der Waals surface area contributed by atoms with Gasteiger partial charge in [-0.3, -0.25) is 4.79 Å². The average molecular weight is 333 g/mol. The number of aromatic nitrogens is 2. The van der Waals surface area contributed by atoms with E-state index < -0.39 is 0 Å². The quantitative estimate of drug-likeness (QED) is 0.608. The zero-order chi connectivity index (χ0) is 16.7. The number of carbonyl (C=O) groups excluding carboxylic acids is 1. The third-order valence-electron chi connectivity index (χ3n) is 2.76. The van der Waals surface area contributed by atoms with Crippen molar-refractivity contribution in [2.24, 2.45) is 0 Å². The highest BCUT2D eigenvalue weighted by Crippen LogP contribution is 2.33. The monoisotopic (exact) mass is 333 g/mol. The third kappa shape index (κ3) is 4.40. The largest absolute Gasteiger partial charge is 0.497 e. The molecule has 0 aliphatic rings. The van der Waals surface area contributed by atoms with E-state index in [1.54, 1.807) is 32.4 Å². The fourth-order valence-electron chi connectivity index (χ4n) is 1.68. The van der Waals surface area contributed by atoms with E-state index in [-0.39, 0.29) is 23.4 Å². The lowest BCUT2D eigenvalue weighted by atomic mass is 10.2. The zero-order valence-electron chi connectivity index (χ0n) is 12.7. The van der Waals surface area contributed by atoms with E-state index in [9.17, 15) is 4.79 Å². The van der Waals surface area contributed by atoms with Gasteiger partial charge in [0.1, 0.15) is 11.5 Å². The summed E-state index contributed by atoms with van der Waals surface area (Å²) in [6, 6.07) is 5.25. The topological polar surface area (TPSA) is 86.5 Å². The Kier molecular flexibility index (Phi) is 5.88. The van der Waals surface area contributed by atoms with Crippen molar-refractivity contribution in [2.75, 3.05) is 26.5 Å². The molecule has 0 aliphatic heterocycles. The molecule has 0 radical (unpaired) electrons. The Hall–Kier alpha value is -2.66. The Balaban J connectivity index is 2.07. The van der Waals surface area contributed by atoms with Crippen LogP contribution in [0.15, 0.2) is 27.8 Å². The van der Waals surface area contributed by atoms with Crippen LogP contribution < -0.4 is 14.8 Å². The number of nitrogens with one attached hydrogen (secondary N) is 1.